The summed E-state index contributed by atoms with van der Waals surface area (Å²) in [5.41, 5.74) is 22.5. The molecule has 0 aliphatic carbocycles. The summed E-state index contributed by atoms with van der Waals surface area (Å²) in [5.74, 6) is -3.96. The van der Waals surface area contributed by atoms with E-state index in [1.165, 1.54) is 12.2 Å². The van der Waals surface area contributed by atoms with Crippen molar-refractivity contribution >= 4 is 23.9 Å². The van der Waals surface area contributed by atoms with E-state index in [4.69, 9.17) is 43.4 Å². The molecule has 0 aromatic heterocycles. The van der Waals surface area contributed by atoms with E-state index in [1.54, 1.807) is 18.2 Å². The molecule has 0 unspecified atom stereocenters. The highest BCUT2D eigenvalue weighted by Crippen LogP contribution is 1.96. The zero-order chi connectivity index (χ0) is 30.1. The molecule has 0 rings (SSSR count). The van der Waals surface area contributed by atoms with Gasteiger partial charge in [-0.3, -0.25) is 14.4 Å². The SMILES string of the molecule is C/C=C/C[C@H](N)C(=O)O.C=CC[C@H](N)C(=O)O.CC(C)=C/C=C(/N)C(=O)O.CC(C)=CC[C@H](N)C(=O)O. The van der Waals surface area contributed by atoms with Crippen molar-refractivity contribution in [3.05, 3.63) is 59.9 Å². The molecule has 3 atom stereocenters. The van der Waals surface area contributed by atoms with E-state index in [2.05, 4.69) is 6.58 Å². The van der Waals surface area contributed by atoms with Crippen LogP contribution in [0.25, 0.3) is 0 Å². The molecule has 212 valence electrons. The third kappa shape index (κ3) is 34.5. The molecule has 0 spiro atoms. The number of hydrogen-bond acceptors (Lipinski definition) is 8. The molecule has 12 N–H and O–H groups in total. The molecule has 37 heavy (non-hydrogen) atoms. The van der Waals surface area contributed by atoms with Gasteiger partial charge in [-0.15, -0.1) is 6.58 Å². The van der Waals surface area contributed by atoms with Crippen LogP contribution in [-0.2, 0) is 19.2 Å². The van der Waals surface area contributed by atoms with Gasteiger partial charge in [-0.25, -0.2) is 4.79 Å². The third-order valence-corrected chi connectivity index (χ3v) is 3.62. The Balaban J connectivity index is -0.000000197. The molecule has 0 aliphatic heterocycles. The van der Waals surface area contributed by atoms with Crippen molar-refractivity contribution in [3.63, 3.8) is 0 Å². The summed E-state index contributed by atoms with van der Waals surface area (Å²) in [7, 11) is 0. The lowest BCUT2D eigenvalue weighted by Crippen LogP contribution is -2.29. The Morgan fingerprint density at radius 2 is 1.14 bits per heavy atom. The number of carboxylic acid groups (broad SMARTS) is 4. The van der Waals surface area contributed by atoms with Gasteiger partial charge in [0.1, 0.15) is 23.8 Å². The number of rotatable bonds is 11. The first kappa shape index (κ1) is 40.4. The largest absolute Gasteiger partial charge is 0.480 e. The normalized spacial score (nSPS) is 12.4. The fourth-order valence-electron chi connectivity index (χ4n) is 1.46. The summed E-state index contributed by atoms with van der Waals surface area (Å²) >= 11 is 0. The van der Waals surface area contributed by atoms with Gasteiger partial charge in [0.05, 0.1) is 0 Å². The zero-order valence-electron chi connectivity index (χ0n) is 22.3. The molecular formula is C25H44N4O8. The Morgan fingerprint density at radius 1 is 0.730 bits per heavy atom. The number of carbonyl (C=O) groups is 4. The summed E-state index contributed by atoms with van der Waals surface area (Å²) < 4.78 is 0. The second kappa shape index (κ2) is 25.4. The molecule has 12 heteroatoms. The fourth-order valence-corrected chi connectivity index (χ4v) is 1.46. The number of carboxylic acids is 4. The van der Waals surface area contributed by atoms with Gasteiger partial charge in [0, 0.05) is 0 Å². The van der Waals surface area contributed by atoms with Crippen molar-refractivity contribution in [3.8, 4) is 0 Å². The molecule has 0 bridgehead atoms. The highest BCUT2D eigenvalue weighted by molar-refractivity contribution is 5.85. The minimum Gasteiger partial charge on any atom is -0.480 e. The highest BCUT2D eigenvalue weighted by Gasteiger charge is 2.08. The Labute approximate surface area is 218 Å². The molecule has 0 saturated heterocycles. The first-order valence-electron chi connectivity index (χ1n) is 11.1. The summed E-state index contributed by atoms with van der Waals surface area (Å²) in [6, 6.07) is -2.29. The molecule has 0 radical (unpaired) electrons. The molecular weight excluding hydrogens is 484 g/mol. The van der Waals surface area contributed by atoms with Gasteiger partial charge in [0.25, 0.3) is 0 Å². The average Bonchev–Trinajstić information content (AvgIpc) is 2.80. The van der Waals surface area contributed by atoms with E-state index < -0.39 is 42.0 Å². The van der Waals surface area contributed by atoms with Crippen molar-refractivity contribution in [2.75, 3.05) is 0 Å². The topological polar surface area (TPSA) is 253 Å². The molecule has 12 nitrogen and oxygen atoms in total. The molecule has 0 fully saturated rings. The minimum absolute atomic E-state index is 0.138. The molecule has 0 heterocycles. The van der Waals surface area contributed by atoms with Crippen LogP contribution in [0.2, 0.25) is 0 Å². The maximum atomic E-state index is 10.2. The second-order valence-electron chi connectivity index (χ2n) is 7.85. The maximum Gasteiger partial charge on any atom is 0.351 e. The van der Waals surface area contributed by atoms with E-state index in [0.717, 1.165) is 11.1 Å². The Bertz CT molecular complexity index is 825. The average molecular weight is 529 g/mol. The summed E-state index contributed by atoms with van der Waals surface area (Å²) in [6.07, 6.45) is 11.0. The van der Waals surface area contributed by atoms with Crippen molar-refractivity contribution in [1.29, 1.82) is 0 Å². The second-order valence-corrected chi connectivity index (χ2v) is 7.85. The number of hydrogen-bond donors (Lipinski definition) is 8. The highest BCUT2D eigenvalue weighted by atomic mass is 16.4. The van der Waals surface area contributed by atoms with E-state index in [9.17, 15) is 19.2 Å². The third-order valence-electron chi connectivity index (χ3n) is 3.62. The standard InChI is InChI=1S/C7H13NO2.C7H11NO2.C6H11NO2.C5H9NO2/c2*1-5(2)3-4-6(8)7(9)10;1-2-3-4-5(7)6(8)9;1-2-3-4(6)5(7)8/h3,6H,4,8H2,1-2H3,(H,9,10);3-4H,8H2,1-2H3,(H,9,10);2-3,5H,4,7H2,1H3,(H,8,9);2,4H,1,3,6H2,(H,7,8)/b;6-4+;3-2+;/t6-;;5-;4-/m0.00/s1. The Kier molecular flexibility index (Phi) is 27.7. The van der Waals surface area contributed by atoms with Gasteiger partial charge < -0.3 is 43.4 Å². The smallest absolute Gasteiger partial charge is 0.351 e. The van der Waals surface area contributed by atoms with Gasteiger partial charge in [-0.05, 0) is 60.0 Å². The predicted octanol–water partition coefficient (Wildman–Crippen LogP) is 1.97. The molecule has 0 aliphatic rings. The van der Waals surface area contributed by atoms with Gasteiger partial charge in [-0.1, -0.05) is 41.5 Å². The van der Waals surface area contributed by atoms with Crippen LogP contribution in [0.5, 0.6) is 0 Å². The maximum absolute atomic E-state index is 10.2. The summed E-state index contributed by atoms with van der Waals surface area (Å²) in [5, 5.41) is 33.0. The predicted molar refractivity (Wildman–Crippen MR) is 144 cm³/mol. The van der Waals surface area contributed by atoms with Crippen LogP contribution in [0.1, 0.15) is 53.9 Å². The lowest BCUT2D eigenvalue weighted by atomic mass is 10.2. The van der Waals surface area contributed by atoms with Gasteiger partial charge >= 0.3 is 23.9 Å². The van der Waals surface area contributed by atoms with E-state index in [0.29, 0.717) is 19.3 Å². The van der Waals surface area contributed by atoms with Gasteiger partial charge in [-0.2, -0.15) is 0 Å². The molecule has 0 aromatic carbocycles. The van der Waals surface area contributed by atoms with E-state index >= 15 is 0 Å². The van der Waals surface area contributed by atoms with Crippen LogP contribution in [0, 0.1) is 0 Å². The molecule has 0 saturated carbocycles. The first-order chi connectivity index (χ1) is 16.9. The van der Waals surface area contributed by atoms with Crippen LogP contribution >= 0.6 is 0 Å². The molecule has 0 aromatic rings. The van der Waals surface area contributed by atoms with E-state index in [1.807, 2.05) is 40.7 Å². The van der Waals surface area contributed by atoms with Crippen molar-refractivity contribution in [2.24, 2.45) is 22.9 Å². The van der Waals surface area contributed by atoms with Gasteiger partial charge in [0.15, 0.2) is 0 Å². The monoisotopic (exact) mass is 528 g/mol. The Morgan fingerprint density at radius 3 is 1.41 bits per heavy atom. The summed E-state index contributed by atoms with van der Waals surface area (Å²) in [4.78, 5) is 40.2. The van der Waals surface area contributed by atoms with Crippen molar-refractivity contribution < 1.29 is 39.6 Å². The van der Waals surface area contributed by atoms with Gasteiger partial charge in [0.2, 0.25) is 0 Å². The van der Waals surface area contributed by atoms with E-state index in [-0.39, 0.29) is 5.70 Å². The zero-order valence-corrected chi connectivity index (χ0v) is 22.3. The minimum atomic E-state index is -1.09. The lowest BCUT2D eigenvalue weighted by Gasteiger charge is -2.00. The number of allylic oxidation sites excluding steroid dienone is 5. The van der Waals surface area contributed by atoms with Crippen LogP contribution in [0.15, 0.2) is 59.9 Å². The van der Waals surface area contributed by atoms with Crippen molar-refractivity contribution in [2.45, 2.75) is 72.0 Å². The first-order valence-corrected chi connectivity index (χ1v) is 11.1. The summed E-state index contributed by atoms with van der Waals surface area (Å²) in [6.45, 7) is 12.7. The number of aliphatic carboxylic acids is 4. The molecule has 0 amide bonds. The van der Waals surface area contributed by atoms with Crippen LogP contribution in [0.3, 0.4) is 0 Å². The quantitative estimate of drug-likeness (QED) is 0.109. The fraction of sp³-hybridized carbons (Fsp3) is 0.440. The lowest BCUT2D eigenvalue weighted by molar-refractivity contribution is -0.139. The van der Waals surface area contributed by atoms with Crippen molar-refractivity contribution in [1.82, 2.24) is 0 Å². The van der Waals surface area contributed by atoms with Crippen LogP contribution < -0.4 is 22.9 Å². The van der Waals surface area contributed by atoms with Crippen LogP contribution in [0.4, 0.5) is 0 Å². The number of nitrogens with two attached hydrogens (primary N) is 4. The Hall–Kier alpha value is -3.74. The van der Waals surface area contributed by atoms with Crippen LogP contribution in [-0.4, -0.2) is 62.4 Å².